The van der Waals surface area contributed by atoms with Gasteiger partial charge in [0.2, 0.25) is 11.8 Å². The van der Waals surface area contributed by atoms with Gasteiger partial charge in [-0.05, 0) is 39.5 Å². The van der Waals surface area contributed by atoms with Gasteiger partial charge in [0.15, 0.2) is 0 Å². The third-order valence-electron chi connectivity index (χ3n) is 4.06. The Labute approximate surface area is 160 Å². The zero-order valence-corrected chi connectivity index (χ0v) is 17.0. The van der Waals surface area contributed by atoms with E-state index in [0.717, 1.165) is 0 Å². The van der Waals surface area contributed by atoms with E-state index < -0.39 is 41.6 Å². The van der Waals surface area contributed by atoms with Crippen molar-refractivity contribution < 1.29 is 28.7 Å². The molecule has 9 nitrogen and oxygen atoms in total. The van der Waals surface area contributed by atoms with E-state index in [2.05, 4.69) is 15.4 Å². The summed E-state index contributed by atoms with van der Waals surface area (Å²) in [5.41, 5.74) is -0.658. The van der Waals surface area contributed by atoms with Gasteiger partial charge in [-0.2, -0.15) is 0 Å². The Hall–Kier alpha value is -2.32. The summed E-state index contributed by atoms with van der Waals surface area (Å²) in [5, 5.41) is 5.14. The number of esters is 1. The number of likely N-dealkylation sites (tertiary alicyclic amines) is 1. The van der Waals surface area contributed by atoms with E-state index >= 15 is 0 Å². The Balaban J connectivity index is 2.75. The minimum atomic E-state index is -0.830. The minimum Gasteiger partial charge on any atom is -0.468 e. The zero-order chi connectivity index (χ0) is 20.8. The molecule has 1 heterocycles. The van der Waals surface area contributed by atoms with Crippen LogP contribution in [0.15, 0.2) is 0 Å². The van der Waals surface area contributed by atoms with Gasteiger partial charge in [0, 0.05) is 6.54 Å². The quantitative estimate of drug-likeness (QED) is 0.654. The van der Waals surface area contributed by atoms with Crippen LogP contribution in [0.4, 0.5) is 4.79 Å². The molecule has 1 fully saturated rings. The second-order valence-electron chi connectivity index (χ2n) is 7.86. The minimum absolute atomic E-state index is 0.206. The summed E-state index contributed by atoms with van der Waals surface area (Å²) in [5.74, 6) is -1.68. The Morgan fingerprint density at radius 1 is 1.19 bits per heavy atom. The maximum atomic E-state index is 12.7. The van der Waals surface area contributed by atoms with Gasteiger partial charge in [-0.25, -0.2) is 4.79 Å². The van der Waals surface area contributed by atoms with Crippen molar-refractivity contribution in [2.75, 3.05) is 20.2 Å². The fraction of sp³-hybridized carbons (Fsp3) is 0.778. The average molecular weight is 385 g/mol. The molecule has 1 aliphatic heterocycles. The number of hydrogen-bond acceptors (Lipinski definition) is 6. The first-order valence-electron chi connectivity index (χ1n) is 9.10. The average Bonchev–Trinajstić information content (AvgIpc) is 3.05. The molecule has 0 radical (unpaired) electrons. The fourth-order valence-corrected chi connectivity index (χ4v) is 2.70. The van der Waals surface area contributed by atoms with Gasteiger partial charge in [-0.15, -0.1) is 0 Å². The van der Waals surface area contributed by atoms with Crippen molar-refractivity contribution in [2.45, 2.75) is 65.1 Å². The highest BCUT2D eigenvalue weighted by atomic mass is 16.6. The molecule has 3 amide bonds. The molecule has 1 aliphatic rings. The number of amides is 3. The smallest absolute Gasteiger partial charge is 0.410 e. The van der Waals surface area contributed by atoms with E-state index in [1.54, 1.807) is 34.6 Å². The van der Waals surface area contributed by atoms with E-state index in [-0.39, 0.29) is 12.5 Å². The molecule has 2 N–H and O–H groups in total. The number of carbonyl (C=O) groups excluding carboxylic acids is 4. The van der Waals surface area contributed by atoms with Crippen LogP contribution in [0.25, 0.3) is 0 Å². The summed E-state index contributed by atoms with van der Waals surface area (Å²) in [6, 6.07) is -1.52. The Kier molecular flexibility index (Phi) is 8.05. The van der Waals surface area contributed by atoms with Crippen molar-refractivity contribution in [1.82, 2.24) is 15.5 Å². The van der Waals surface area contributed by atoms with Crippen LogP contribution in [0.5, 0.6) is 0 Å². The molecule has 0 aromatic heterocycles. The molecule has 1 rings (SSSR count). The number of methoxy groups -OCH3 is 1. The van der Waals surface area contributed by atoms with Crippen LogP contribution >= 0.6 is 0 Å². The molecule has 0 aromatic rings. The first kappa shape index (κ1) is 22.7. The molecule has 0 spiro atoms. The van der Waals surface area contributed by atoms with Crippen LogP contribution in [0.2, 0.25) is 0 Å². The summed E-state index contributed by atoms with van der Waals surface area (Å²) < 4.78 is 9.84. The highest BCUT2D eigenvalue weighted by Gasteiger charge is 2.38. The molecule has 1 saturated heterocycles. The Bertz CT molecular complexity index is 570. The molecule has 27 heavy (non-hydrogen) atoms. The monoisotopic (exact) mass is 385 g/mol. The maximum Gasteiger partial charge on any atom is 0.410 e. The van der Waals surface area contributed by atoms with Crippen molar-refractivity contribution in [3.05, 3.63) is 0 Å². The summed E-state index contributed by atoms with van der Waals surface area (Å²) in [6.45, 7) is 8.99. The summed E-state index contributed by atoms with van der Waals surface area (Å²) >= 11 is 0. The maximum absolute atomic E-state index is 12.7. The molecular weight excluding hydrogens is 354 g/mol. The van der Waals surface area contributed by atoms with Gasteiger partial charge in [0.05, 0.1) is 7.11 Å². The van der Waals surface area contributed by atoms with E-state index in [4.69, 9.17) is 4.74 Å². The highest BCUT2D eigenvalue weighted by Crippen LogP contribution is 2.21. The lowest BCUT2D eigenvalue weighted by atomic mass is 10.0. The van der Waals surface area contributed by atoms with E-state index in [1.165, 1.54) is 12.0 Å². The standard InChI is InChI=1S/C18H31N3O6/c1-11(2)14(16(24)19-10-13(22)26-6)20-15(23)12-8-7-9-21(12)17(25)27-18(3,4)5/h11-12,14H,7-10H2,1-6H3,(H,19,24)(H,20,23). The molecule has 0 aliphatic carbocycles. The lowest BCUT2D eigenvalue weighted by Gasteiger charge is -2.29. The molecule has 0 aromatic carbocycles. The van der Waals surface area contributed by atoms with Crippen LogP contribution in [0, 0.1) is 5.92 Å². The van der Waals surface area contributed by atoms with Crippen molar-refractivity contribution >= 4 is 23.9 Å². The predicted octanol–water partition coefficient (Wildman–Crippen LogP) is 0.816. The zero-order valence-electron chi connectivity index (χ0n) is 17.0. The van der Waals surface area contributed by atoms with Crippen LogP contribution < -0.4 is 10.6 Å². The number of hydrogen-bond donors (Lipinski definition) is 2. The van der Waals surface area contributed by atoms with Gasteiger partial charge in [-0.1, -0.05) is 13.8 Å². The second-order valence-corrected chi connectivity index (χ2v) is 7.86. The van der Waals surface area contributed by atoms with Gasteiger partial charge in [0.25, 0.3) is 0 Å². The van der Waals surface area contributed by atoms with Crippen molar-refractivity contribution in [3.8, 4) is 0 Å². The molecule has 2 unspecified atom stereocenters. The summed E-state index contributed by atoms with van der Waals surface area (Å²) in [7, 11) is 1.22. The first-order chi connectivity index (χ1) is 12.5. The number of nitrogens with one attached hydrogen (secondary N) is 2. The number of ether oxygens (including phenoxy) is 2. The van der Waals surface area contributed by atoms with Gasteiger partial charge < -0.3 is 20.1 Å². The largest absolute Gasteiger partial charge is 0.468 e. The van der Waals surface area contributed by atoms with E-state index in [1.807, 2.05) is 0 Å². The predicted molar refractivity (Wildman–Crippen MR) is 97.8 cm³/mol. The van der Waals surface area contributed by atoms with E-state index in [0.29, 0.717) is 19.4 Å². The second kappa shape index (κ2) is 9.57. The van der Waals surface area contributed by atoms with Crippen molar-refractivity contribution in [1.29, 1.82) is 0 Å². The third-order valence-corrected chi connectivity index (χ3v) is 4.06. The Morgan fingerprint density at radius 2 is 1.81 bits per heavy atom. The number of carbonyl (C=O) groups is 4. The topological polar surface area (TPSA) is 114 Å². The van der Waals surface area contributed by atoms with Crippen molar-refractivity contribution in [3.63, 3.8) is 0 Å². The molecule has 0 saturated carbocycles. The molecule has 0 bridgehead atoms. The van der Waals surface area contributed by atoms with Crippen LogP contribution in [-0.4, -0.2) is 66.7 Å². The lowest BCUT2D eigenvalue weighted by Crippen LogP contribution is -2.55. The number of nitrogens with zero attached hydrogens (tertiary/aromatic N) is 1. The van der Waals surface area contributed by atoms with Gasteiger partial charge >= 0.3 is 12.1 Å². The van der Waals surface area contributed by atoms with Crippen molar-refractivity contribution in [2.24, 2.45) is 5.92 Å². The third kappa shape index (κ3) is 7.07. The Morgan fingerprint density at radius 3 is 2.33 bits per heavy atom. The van der Waals surface area contributed by atoms with E-state index in [9.17, 15) is 19.2 Å². The van der Waals surface area contributed by atoms with Gasteiger partial charge in [-0.3, -0.25) is 19.3 Å². The molecule has 154 valence electrons. The SMILES string of the molecule is COC(=O)CNC(=O)C(NC(=O)C1CCCN1C(=O)OC(C)(C)C)C(C)C. The molecular formula is C18H31N3O6. The normalized spacial score (nSPS) is 18.0. The number of rotatable bonds is 6. The van der Waals surface area contributed by atoms with Crippen LogP contribution in [-0.2, 0) is 23.9 Å². The molecule has 2 atom stereocenters. The molecule has 9 heteroatoms. The highest BCUT2D eigenvalue weighted by molar-refractivity contribution is 5.92. The van der Waals surface area contributed by atoms with Gasteiger partial charge in [0.1, 0.15) is 24.2 Å². The van der Waals surface area contributed by atoms with Crippen LogP contribution in [0.3, 0.4) is 0 Å². The summed E-state index contributed by atoms with van der Waals surface area (Å²) in [6.07, 6.45) is 0.633. The summed E-state index contributed by atoms with van der Waals surface area (Å²) in [4.78, 5) is 49.9. The fourth-order valence-electron chi connectivity index (χ4n) is 2.70. The van der Waals surface area contributed by atoms with Crippen LogP contribution in [0.1, 0.15) is 47.5 Å². The lowest BCUT2D eigenvalue weighted by molar-refractivity contribution is -0.141. The first-order valence-corrected chi connectivity index (χ1v) is 9.10.